The summed E-state index contributed by atoms with van der Waals surface area (Å²) in [5, 5.41) is 3.28. The van der Waals surface area contributed by atoms with Gasteiger partial charge in [0.05, 0.1) is 11.8 Å². The van der Waals surface area contributed by atoms with Gasteiger partial charge in [0.2, 0.25) is 0 Å². The second kappa shape index (κ2) is 6.02. The molecule has 2 aromatic heterocycles. The zero-order chi connectivity index (χ0) is 15.7. The number of anilines is 1. The second-order valence-corrected chi connectivity index (χ2v) is 5.53. The summed E-state index contributed by atoms with van der Waals surface area (Å²) in [5.41, 5.74) is -0.295. The number of hydrogen-bond acceptors (Lipinski definition) is 5. The van der Waals surface area contributed by atoms with Crippen LogP contribution in [0.4, 0.5) is 10.2 Å². The Balaban J connectivity index is 2.11. The van der Waals surface area contributed by atoms with Gasteiger partial charge in [-0.1, -0.05) is 11.6 Å². The number of aromatic amines is 1. The summed E-state index contributed by atoms with van der Waals surface area (Å²) >= 11 is 6.12. The van der Waals surface area contributed by atoms with E-state index in [2.05, 4.69) is 20.3 Å². The predicted molar refractivity (Wildman–Crippen MR) is 82.7 cm³/mol. The second-order valence-electron chi connectivity index (χ2n) is 5.15. The summed E-state index contributed by atoms with van der Waals surface area (Å²) < 4.78 is 13.9. The Labute approximate surface area is 131 Å². The van der Waals surface area contributed by atoms with Crippen LogP contribution in [0.5, 0.6) is 0 Å². The topological polar surface area (TPSA) is 73.9 Å². The number of nitrogens with zero attached hydrogens (tertiary/aromatic N) is 3. The minimum Gasteiger partial charge on any atom is -0.350 e. The Morgan fingerprint density at radius 2 is 2.32 bits per heavy atom. The van der Waals surface area contributed by atoms with Crippen LogP contribution in [0, 0.1) is 5.82 Å². The minimum atomic E-state index is -0.549. The summed E-state index contributed by atoms with van der Waals surface area (Å²) in [7, 11) is 0. The normalized spacial score (nSPS) is 18.5. The summed E-state index contributed by atoms with van der Waals surface area (Å²) in [6.45, 7) is 4.23. The molecule has 1 saturated heterocycles. The van der Waals surface area contributed by atoms with Crippen molar-refractivity contribution in [3.8, 4) is 11.4 Å². The lowest BCUT2D eigenvalue weighted by Gasteiger charge is -2.35. The quantitative estimate of drug-likeness (QED) is 0.874. The van der Waals surface area contributed by atoms with Crippen molar-refractivity contribution in [1.29, 1.82) is 0 Å². The van der Waals surface area contributed by atoms with Gasteiger partial charge in [-0.2, -0.15) is 0 Å². The molecule has 0 radical (unpaired) electrons. The first kappa shape index (κ1) is 14.9. The first-order valence-electron chi connectivity index (χ1n) is 6.95. The van der Waals surface area contributed by atoms with Crippen molar-refractivity contribution < 1.29 is 4.39 Å². The predicted octanol–water partition coefficient (Wildman–Crippen LogP) is 1.42. The van der Waals surface area contributed by atoms with Crippen molar-refractivity contribution in [2.75, 3.05) is 24.5 Å². The van der Waals surface area contributed by atoms with E-state index in [0.717, 1.165) is 19.3 Å². The van der Waals surface area contributed by atoms with Crippen LogP contribution in [0.3, 0.4) is 0 Å². The average molecular weight is 324 g/mol. The fraction of sp³-hybridized carbons (Fsp3) is 0.357. The van der Waals surface area contributed by atoms with Crippen molar-refractivity contribution in [2.24, 2.45) is 0 Å². The number of rotatable bonds is 2. The molecule has 116 valence electrons. The smallest absolute Gasteiger partial charge is 0.272 e. The lowest BCUT2D eigenvalue weighted by atomic mass is 10.2. The van der Waals surface area contributed by atoms with Crippen LogP contribution in [0.15, 0.2) is 23.3 Å². The zero-order valence-corrected chi connectivity index (χ0v) is 12.7. The molecule has 2 aromatic rings. The standard InChI is InChI=1S/C14H15ClFN5O/c1-8-6-18-4-5-21(8)13-11(15)14(22)20-12(19-13)9-2-3-17-7-10(9)16/h2-3,7-8,18H,4-6H2,1H3,(H,19,20,22)/t8-/m1/s1. The van der Waals surface area contributed by atoms with Gasteiger partial charge >= 0.3 is 0 Å². The van der Waals surface area contributed by atoms with E-state index in [1.165, 1.54) is 12.3 Å². The van der Waals surface area contributed by atoms with Gasteiger partial charge in [0, 0.05) is 31.9 Å². The van der Waals surface area contributed by atoms with Crippen LogP contribution in [0.25, 0.3) is 11.4 Å². The third kappa shape index (κ3) is 2.69. The van der Waals surface area contributed by atoms with Crippen LogP contribution in [0.1, 0.15) is 6.92 Å². The molecule has 3 rings (SSSR count). The molecule has 0 bridgehead atoms. The van der Waals surface area contributed by atoms with Crippen molar-refractivity contribution >= 4 is 17.4 Å². The Kier molecular flexibility index (Phi) is 4.08. The maximum Gasteiger partial charge on any atom is 0.272 e. The fourth-order valence-electron chi connectivity index (χ4n) is 2.49. The average Bonchev–Trinajstić information content (AvgIpc) is 2.51. The van der Waals surface area contributed by atoms with Crippen LogP contribution in [-0.2, 0) is 0 Å². The number of halogens is 2. The van der Waals surface area contributed by atoms with Crippen molar-refractivity contribution in [3.63, 3.8) is 0 Å². The maximum atomic E-state index is 13.9. The van der Waals surface area contributed by atoms with Gasteiger partial charge in [0.1, 0.15) is 10.8 Å². The monoisotopic (exact) mass is 323 g/mol. The lowest BCUT2D eigenvalue weighted by molar-refractivity contribution is 0.497. The number of H-pyrrole nitrogens is 1. The highest BCUT2D eigenvalue weighted by molar-refractivity contribution is 6.32. The highest BCUT2D eigenvalue weighted by Crippen LogP contribution is 2.26. The van der Waals surface area contributed by atoms with E-state index < -0.39 is 11.4 Å². The molecule has 0 amide bonds. The minimum absolute atomic E-state index is 0.0203. The molecule has 0 unspecified atom stereocenters. The molecule has 8 heteroatoms. The molecule has 0 saturated carbocycles. The van der Waals surface area contributed by atoms with E-state index in [4.69, 9.17) is 11.6 Å². The van der Waals surface area contributed by atoms with E-state index in [1.54, 1.807) is 0 Å². The van der Waals surface area contributed by atoms with Gasteiger partial charge in [-0.25, -0.2) is 9.37 Å². The molecule has 1 aliphatic heterocycles. The molecular weight excluding hydrogens is 309 g/mol. The largest absolute Gasteiger partial charge is 0.350 e. The first-order valence-corrected chi connectivity index (χ1v) is 7.33. The van der Waals surface area contributed by atoms with E-state index in [0.29, 0.717) is 12.4 Å². The Hall–Kier alpha value is -1.99. The molecule has 1 atom stereocenters. The number of nitrogens with one attached hydrogen (secondary N) is 2. The van der Waals surface area contributed by atoms with Crippen LogP contribution in [0.2, 0.25) is 5.02 Å². The van der Waals surface area contributed by atoms with Crippen molar-refractivity contribution in [1.82, 2.24) is 20.3 Å². The van der Waals surface area contributed by atoms with E-state index >= 15 is 0 Å². The summed E-state index contributed by atoms with van der Waals surface area (Å²) in [6.07, 6.45) is 2.52. The lowest BCUT2D eigenvalue weighted by Crippen LogP contribution is -2.50. The molecule has 1 fully saturated rings. The van der Waals surface area contributed by atoms with E-state index in [1.807, 2.05) is 11.8 Å². The third-order valence-corrected chi connectivity index (χ3v) is 3.99. The molecular formula is C14H15ClFN5O. The number of aromatic nitrogens is 3. The third-order valence-electron chi connectivity index (χ3n) is 3.65. The molecule has 1 aliphatic rings. The summed E-state index contributed by atoms with van der Waals surface area (Å²) in [4.78, 5) is 24.6. The van der Waals surface area contributed by atoms with Gasteiger partial charge in [-0.15, -0.1) is 0 Å². The van der Waals surface area contributed by atoms with Gasteiger partial charge in [-0.3, -0.25) is 9.78 Å². The van der Waals surface area contributed by atoms with Crippen molar-refractivity contribution in [2.45, 2.75) is 13.0 Å². The van der Waals surface area contributed by atoms with Crippen LogP contribution >= 0.6 is 11.6 Å². The molecule has 0 spiro atoms. The Morgan fingerprint density at radius 1 is 1.50 bits per heavy atom. The summed E-state index contributed by atoms with van der Waals surface area (Å²) in [6, 6.07) is 1.60. The SMILES string of the molecule is C[C@@H]1CNCCN1c1nc(-c2ccncc2F)[nH]c(=O)c1Cl. The van der Waals surface area contributed by atoms with Crippen LogP contribution < -0.4 is 15.8 Å². The van der Waals surface area contributed by atoms with Gasteiger partial charge < -0.3 is 15.2 Å². The zero-order valence-electron chi connectivity index (χ0n) is 11.9. The highest BCUT2D eigenvalue weighted by Gasteiger charge is 2.24. The fourth-order valence-corrected chi connectivity index (χ4v) is 2.69. The number of piperazine rings is 1. The Bertz CT molecular complexity index is 750. The van der Waals surface area contributed by atoms with E-state index in [-0.39, 0.29) is 22.5 Å². The number of hydrogen-bond donors (Lipinski definition) is 2. The molecule has 3 heterocycles. The van der Waals surface area contributed by atoms with Gasteiger partial charge in [0.25, 0.3) is 5.56 Å². The van der Waals surface area contributed by atoms with Gasteiger partial charge in [-0.05, 0) is 13.0 Å². The molecule has 6 nitrogen and oxygen atoms in total. The molecule has 2 N–H and O–H groups in total. The van der Waals surface area contributed by atoms with E-state index in [9.17, 15) is 9.18 Å². The van der Waals surface area contributed by atoms with Gasteiger partial charge in [0.15, 0.2) is 11.6 Å². The van der Waals surface area contributed by atoms with Crippen molar-refractivity contribution in [3.05, 3.63) is 39.7 Å². The van der Waals surface area contributed by atoms with Crippen LogP contribution in [-0.4, -0.2) is 40.6 Å². The maximum absolute atomic E-state index is 13.9. The summed E-state index contributed by atoms with van der Waals surface area (Å²) in [5.74, 6) is -0.0204. The first-order chi connectivity index (χ1) is 10.6. The molecule has 0 aromatic carbocycles. The highest BCUT2D eigenvalue weighted by atomic mass is 35.5. The number of pyridine rings is 1. The Morgan fingerprint density at radius 3 is 3.05 bits per heavy atom. The molecule has 22 heavy (non-hydrogen) atoms. The molecule has 0 aliphatic carbocycles.